The number of amides is 1. The number of hydrogen-bond donors (Lipinski definition) is 1. The van der Waals surface area contributed by atoms with E-state index in [1.54, 1.807) is 29.1 Å². The van der Waals surface area contributed by atoms with Crippen molar-refractivity contribution >= 4 is 11.7 Å². The Bertz CT molecular complexity index is 993. The Kier molecular flexibility index (Phi) is 6.79. The fourth-order valence-electron chi connectivity index (χ4n) is 3.15. The maximum Gasteiger partial charge on any atom is 0.263 e. The van der Waals surface area contributed by atoms with E-state index >= 15 is 0 Å². The van der Waals surface area contributed by atoms with E-state index in [-0.39, 0.29) is 17.0 Å². The first-order valence-corrected chi connectivity index (χ1v) is 9.83. The topological polar surface area (TPSA) is 67.2 Å². The summed E-state index contributed by atoms with van der Waals surface area (Å²) in [5.74, 6) is 0.530. The molecule has 0 spiro atoms. The molecule has 3 rings (SSSR count). The average molecular weight is 390 g/mol. The molecule has 0 aliphatic carbocycles. The summed E-state index contributed by atoms with van der Waals surface area (Å²) in [6.45, 7) is 6.70. The Balaban J connectivity index is 1.66. The van der Waals surface area contributed by atoms with Crippen molar-refractivity contribution in [1.82, 2.24) is 14.9 Å². The summed E-state index contributed by atoms with van der Waals surface area (Å²) in [6.07, 6.45) is 3.45. The van der Waals surface area contributed by atoms with Gasteiger partial charge in [0.25, 0.3) is 11.5 Å². The predicted molar refractivity (Wildman–Crippen MR) is 115 cm³/mol. The molecule has 1 aromatic carbocycles. The maximum atomic E-state index is 12.7. The van der Waals surface area contributed by atoms with Crippen LogP contribution < -0.4 is 15.8 Å². The third-order valence-corrected chi connectivity index (χ3v) is 4.81. The van der Waals surface area contributed by atoms with Gasteiger partial charge in [0.15, 0.2) is 0 Å². The van der Waals surface area contributed by atoms with Gasteiger partial charge in [0, 0.05) is 32.0 Å². The molecule has 6 nitrogen and oxygen atoms in total. The van der Waals surface area contributed by atoms with Crippen molar-refractivity contribution in [3.8, 4) is 0 Å². The Morgan fingerprint density at radius 1 is 1.00 bits per heavy atom. The van der Waals surface area contributed by atoms with Crippen LogP contribution in [0.15, 0.2) is 71.8 Å². The SMILES string of the molecule is CCN(CC)c1ccc(CNC(=O)c2cccn(Cc3ccccc3)c2=O)cn1. The van der Waals surface area contributed by atoms with Gasteiger partial charge in [-0.1, -0.05) is 36.4 Å². The number of anilines is 1. The van der Waals surface area contributed by atoms with Crippen LogP contribution in [0.4, 0.5) is 5.82 Å². The summed E-state index contributed by atoms with van der Waals surface area (Å²) in [5, 5.41) is 2.82. The Morgan fingerprint density at radius 2 is 1.76 bits per heavy atom. The van der Waals surface area contributed by atoms with Crippen LogP contribution in [0.25, 0.3) is 0 Å². The standard InChI is InChI=1S/C23H26N4O2/c1-3-26(4-2)21-13-12-19(15-24-21)16-25-22(28)20-11-8-14-27(23(20)29)17-18-9-6-5-7-10-18/h5-15H,3-4,16-17H2,1-2H3,(H,25,28). The van der Waals surface area contributed by atoms with E-state index in [1.807, 2.05) is 42.5 Å². The van der Waals surface area contributed by atoms with Crippen molar-refractivity contribution in [2.24, 2.45) is 0 Å². The fraction of sp³-hybridized carbons (Fsp3) is 0.261. The number of benzene rings is 1. The number of aromatic nitrogens is 2. The molecule has 0 fully saturated rings. The molecule has 1 N–H and O–H groups in total. The van der Waals surface area contributed by atoms with E-state index < -0.39 is 0 Å². The summed E-state index contributed by atoms with van der Waals surface area (Å²) in [4.78, 5) is 31.9. The molecular weight excluding hydrogens is 364 g/mol. The van der Waals surface area contributed by atoms with Gasteiger partial charge in [-0.3, -0.25) is 9.59 Å². The van der Waals surface area contributed by atoms with Gasteiger partial charge in [0.05, 0.1) is 6.54 Å². The molecule has 0 aliphatic heterocycles. The van der Waals surface area contributed by atoms with Crippen LogP contribution in [-0.4, -0.2) is 28.5 Å². The van der Waals surface area contributed by atoms with Crippen LogP contribution in [0.1, 0.15) is 35.3 Å². The van der Waals surface area contributed by atoms with Crippen molar-refractivity contribution in [3.05, 3.63) is 94.0 Å². The van der Waals surface area contributed by atoms with Crippen LogP contribution in [0.3, 0.4) is 0 Å². The number of carbonyl (C=O) groups excluding carboxylic acids is 1. The highest BCUT2D eigenvalue weighted by atomic mass is 16.2. The van der Waals surface area contributed by atoms with E-state index in [2.05, 4.69) is 29.0 Å². The molecule has 0 unspecified atom stereocenters. The Morgan fingerprint density at radius 3 is 2.41 bits per heavy atom. The minimum absolute atomic E-state index is 0.135. The second-order valence-electron chi connectivity index (χ2n) is 6.72. The molecular formula is C23H26N4O2. The first-order valence-electron chi connectivity index (χ1n) is 9.83. The second kappa shape index (κ2) is 9.68. The fourth-order valence-corrected chi connectivity index (χ4v) is 3.15. The lowest BCUT2D eigenvalue weighted by atomic mass is 10.2. The zero-order chi connectivity index (χ0) is 20.6. The van der Waals surface area contributed by atoms with Crippen LogP contribution in [-0.2, 0) is 13.1 Å². The molecule has 6 heteroatoms. The first-order chi connectivity index (χ1) is 14.1. The molecule has 29 heavy (non-hydrogen) atoms. The molecule has 2 heterocycles. The van der Waals surface area contributed by atoms with E-state index in [0.29, 0.717) is 13.1 Å². The molecule has 0 saturated heterocycles. The van der Waals surface area contributed by atoms with Crippen molar-refractivity contribution in [1.29, 1.82) is 0 Å². The van der Waals surface area contributed by atoms with Gasteiger partial charge < -0.3 is 14.8 Å². The van der Waals surface area contributed by atoms with Gasteiger partial charge in [-0.2, -0.15) is 0 Å². The molecule has 0 bridgehead atoms. The second-order valence-corrected chi connectivity index (χ2v) is 6.72. The van der Waals surface area contributed by atoms with Crippen LogP contribution in [0.5, 0.6) is 0 Å². The Hall–Kier alpha value is -3.41. The van der Waals surface area contributed by atoms with Crippen molar-refractivity contribution in [3.63, 3.8) is 0 Å². The number of hydrogen-bond acceptors (Lipinski definition) is 4. The summed E-state index contributed by atoms with van der Waals surface area (Å²) in [7, 11) is 0. The monoisotopic (exact) mass is 390 g/mol. The number of nitrogens with one attached hydrogen (secondary N) is 1. The van der Waals surface area contributed by atoms with Crippen LogP contribution in [0.2, 0.25) is 0 Å². The highest BCUT2D eigenvalue weighted by Gasteiger charge is 2.12. The summed E-state index contributed by atoms with van der Waals surface area (Å²) < 4.78 is 1.55. The third-order valence-electron chi connectivity index (χ3n) is 4.81. The molecule has 0 aliphatic rings. The van der Waals surface area contributed by atoms with Crippen molar-refractivity contribution in [2.75, 3.05) is 18.0 Å². The van der Waals surface area contributed by atoms with Crippen molar-refractivity contribution in [2.45, 2.75) is 26.9 Å². The van der Waals surface area contributed by atoms with Crippen LogP contribution in [0, 0.1) is 0 Å². The molecule has 0 atom stereocenters. The van der Waals surface area contributed by atoms with E-state index in [4.69, 9.17) is 0 Å². The quantitative estimate of drug-likeness (QED) is 0.642. The van der Waals surface area contributed by atoms with Gasteiger partial charge in [-0.15, -0.1) is 0 Å². The summed E-state index contributed by atoms with van der Waals surface area (Å²) in [6, 6.07) is 16.9. The summed E-state index contributed by atoms with van der Waals surface area (Å²) in [5.41, 5.74) is 1.72. The predicted octanol–water partition coefficient (Wildman–Crippen LogP) is 3.07. The number of pyridine rings is 2. The average Bonchev–Trinajstić information content (AvgIpc) is 2.76. The molecule has 3 aromatic rings. The molecule has 2 aromatic heterocycles. The highest BCUT2D eigenvalue weighted by molar-refractivity contribution is 5.93. The number of rotatable bonds is 8. The molecule has 150 valence electrons. The zero-order valence-corrected chi connectivity index (χ0v) is 16.8. The Labute approximate surface area is 170 Å². The van der Waals surface area contributed by atoms with E-state index in [9.17, 15) is 9.59 Å². The molecule has 0 radical (unpaired) electrons. The molecule has 0 saturated carbocycles. The summed E-state index contributed by atoms with van der Waals surface area (Å²) >= 11 is 0. The third kappa shape index (κ3) is 5.10. The first kappa shape index (κ1) is 20.3. The minimum atomic E-state index is -0.384. The number of nitrogens with zero attached hydrogens (tertiary/aromatic N) is 3. The minimum Gasteiger partial charge on any atom is -0.357 e. The lowest BCUT2D eigenvalue weighted by molar-refractivity contribution is 0.0949. The highest BCUT2D eigenvalue weighted by Crippen LogP contribution is 2.11. The van der Waals surface area contributed by atoms with E-state index in [1.165, 1.54) is 0 Å². The maximum absolute atomic E-state index is 12.7. The molecule has 1 amide bonds. The number of carbonyl (C=O) groups is 1. The normalized spacial score (nSPS) is 10.6. The zero-order valence-electron chi connectivity index (χ0n) is 16.8. The lowest BCUT2D eigenvalue weighted by Crippen LogP contribution is -2.32. The van der Waals surface area contributed by atoms with Crippen molar-refractivity contribution < 1.29 is 4.79 Å². The van der Waals surface area contributed by atoms with Gasteiger partial charge in [-0.25, -0.2) is 4.98 Å². The van der Waals surface area contributed by atoms with Crippen LogP contribution >= 0.6 is 0 Å². The van der Waals surface area contributed by atoms with E-state index in [0.717, 1.165) is 30.0 Å². The van der Waals surface area contributed by atoms with Gasteiger partial charge in [0.2, 0.25) is 0 Å². The smallest absolute Gasteiger partial charge is 0.263 e. The largest absolute Gasteiger partial charge is 0.357 e. The van der Waals surface area contributed by atoms with Gasteiger partial charge >= 0.3 is 0 Å². The van der Waals surface area contributed by atoms with Gasteiger partial charge in [0.1, 0.15) is 11.4 Å². The van der Waals surface area contributed by atoms with Gasteiger partial charge in [-0.05, 0) is 43.2 Å². The lowest BCUT2D eigenvalue weighted by Gasteiger charge is -2.19.